The summed E-state index contributed by atoms with van der Waals surface area (Å²) in [5.41, 5.74) is 2.48. The summed E-state index contributed by atoms with van der Waals surface area (Å²) in [6.07, 6.45) is 1.90. The quantitative estimate of drug-likeness (QED) is 0.798. The molecule has 0 fully saturated rings. The second-order valence-corrected chi connectivity index (χ2v) is 5.92. The average Bonchev–Trinajstić information content (AvgIpc) is 2.35. The smallest absolute Gasteiger partial charge is 0.129 e. The number of nitrogens with one attached hydrogen (secondary N) is 1. The Hall–Kier alpha value is -1.35. The molecule has 0 saturated carbocycles. The number of hydrogen-bond acceptors (Lipinski definition) is 3. The molecule has 0 aliphatic heterocycles. The van der Waals surface area contributed by atoms with Crippen LogP contribution in [0.15, 0.2) is 24.8 Å². The highest BCUT2D eigenvalue weighted by Gasteiger charge is 2.18. The molecule has 1 heterocycles. The van der Waals surface area contributed by atoms with Gasteiger partial charge in [-0.2, -0.15) is 0 Å². The van der Waals surface area contributed by atoms with Gasteiger partial charge in [0.2, 0.25) is 0 Å². The van der Waals surface area contributed by atoms with Crippen LogP contribution in [0, 0.1) is 0 Å². The second-order valence-electron chi connectivity index (χ2n) is 5.92. The zero-order valence-electron chi connectivity index (χ0n) is 13.0. The predicted molar refractivity (Wildman–Crippen MR) is 83.8 cm³/mol. The molecule has 1 N–H and O–H groups in total. The molecule has 0 atom stereocenters. The van der Waals surface area contributed by atoms with Crippen molar-refractivity contribution in [1.82, 2.24) is 10.3 Å². The summed E-state index contributed by atoms with van der Waals surface area (Å²) in [6, 6.07) is 4.36. The molecule has 0 saturated heterocycles. The molecule has 1 aromatic heterocycles. The first kappa shape index (κ1) is 15.7. The van der Waals surface area contributed by atoms with Crippen LogP contribution in [0.2, 0.25) is 0 Å². The first-order valence-corrected chi connectivity index (χ1v) is 6.92. The lowest BCUT2D eigenvalue weighted by molar-refractivity contribution is 0.566. The third-order valence-electron chi connectivity index (χ3n) is 3.01. The number of pyridine rings is 1. The highest BCUT2D eigenvalue weighted by molar-refractivity contribution is 5.43. The van der Waals surface area contributed by atoms with Crippen LogP contribution >= 0.6 is 0 Å². The van der Waals surface area contributed by atoms with Gasteiger partial charge in [-0.05, 0) is 24.2 Å². The second kappa shape index (κ2) is 6.71. The van der Waals surface area contributed by atoms with E-state index in [1.165, 1.54) is 5.56 Å². The number of rotatable bonds is 6. The number of nitrogens with zero attached hydrogens (tertiary/aromatic N) is 2. The Balaban J connectivity index is 3.12. The van der Waals surface area contributed by atoms with E-state index in [4.69, 9.17) is 4.98 Å². The SMILES string of the molecule is C=CCN(C)c1cc(CNCC)cc(C(C)(C)C)n1. The topological polar surface area (TPSA) is 28.2 Å². The maximum atomic E-state index is 4.78. The van der Waals surface area contributed by atoms with E-state index in [2.05, 4.69) is 56.6 Å². The first-order valence-electron chi connectivity index (χ1n) is 6.92. The van der Waals surface area contributed by atoms with Gasteiger partial charge in [-0.25, -0.2) is 4.98 Å². The van der Waals surface area contributed by atoms with Crippen molar-refractivity contribution in [2.24, 2.45) is 0 Å². The minimum Gasteiger partial charge on any atom is -0.356 e. The van der Waals surface area contributed by atoms with Gasteiger partial charge in [-0.1, -0.05) is 33.8 Å². The zero-order valence-corrected chi connectivity index (χ0v) is 13.0. The van der Waals surface area contributed by atoms with Crippen LogP contribution in [0.25, 0.3) is 0 Å². The van der Waals surface area contributed by atoms with Crippen molar-refractivity contribution in [3.63, 3.8) is 0 Å². The fourth-order valence-corrected chi connectivity index (χ4v) is 1.81. The van der Waals surface area contributed by atoms with Crippen LogP contribution in [-0.4, -0.2) is 25.1 Å². The number of anilines is 1. The molecule has 0 radical (unpaired) electrons. The Morgan fingerprint density at radius 3 is 2.58 bits per heavy atom. The van der Waals surface area contributed by atoms with Crippen molar-refractivity contribution in [2.45, 2.75) is 39.7 Å². The standard InChI is InChI=1S/C16H27N3/c1-7-9-19(6)15-11-13(12-17-8-2)10-14(18-15)16(3,4)5/h7,10-11,17H,1,8-9,12H2,2-6H3. The fraction of sp³-hybridized carbons (Fsp3) is 0.562. The number of likely N-dealkylation sites (N-methyl/N-ethyl adjacent to an activating group) is 1. The summed E-state index contributed by atoms with van der Waals surface area (Å²) in [5, 5.41) is 3.37. The zero-order chi connectivity index (χ0) is 14.5. The molecule has 0 unspecified atom stereocenters. The summed E-state index contributed by atoms with van der Waals surface area (Å²) >= 11 is 0. The summed E-state index contributed by atoms with van der Waals surface area (Å²) in [5.74, 6) is 1.01. The van der Waals surface area contributed by atoms with Crippen LogP contribution < -0.4 is 10.2 Å². The molecule has 106 valence electrons. The van der Waals surface area contributed by atoms with E-state index < -0.39 is 0 Å². The summed E-state index contributed by atoms with van der Waals surface area (Å²) in [6.45, 7) is 15.2. The van der Waals surface area contributed by atoms with Gasteiger partial charge >= 0.3 is 0 Å². The largest absolute Gasteiger partial charge is 0.356 e. The molecule has 0 aliphatic rings. The normalized spacial score (nSPS) is 11.4. The van der Waals surface area contributed by atoms with Gasteiger partial charge < -0.3 is 10.2 Å². The van der Waals surface area contributed by atoms with Gasteiger partial charge in [0.05, 0.1) is 0 Å². The average molecular weight is 261 g/mol. The Kier molecular flexibility index (Phi) is 5.55. The molecule has 0 aromatic carbocycles. The summed E-state index contributed by atoms with van der Waals surface area (Å²) in [4.78, 5) is 6.90. The molecule has 0 bridgehead atoms. The van der Waals surface area contributed by atoms with Crippen molar-refractivity contribution in [2.75, 3.05) is 25.0 Å². The van der Waals surface area contributed by atoms with Crippen LogP contribution in [0.5, 0.6) is 0 Å². The minimum absolute atomic E-state index is 0.0615. The molecule has 0 aliphatic carbocycles. The van der Waals surface area contributed by atoms with E-state index in [-0.39, 0.29) is 5.41 Å². The first-order chi connectivity index (χ1) is 8.88. The summed E-state index contributed by atoms with van der Waals surface area (Å²) < 4.78 is 0. The minimum atomic E-state index is 0.0615. The van der Waals surface area contributed by atoms with Crippen molar-refractivity contribution in [3.8, 4) is 0 Å². The van der Waals surface area contributed by atoms with Gasteiger partial charge in [0.15, 0.2) is 0 Å². The number of aromatic nitrogens is 1. The molecular formula is C16H27N3. The van der Waals surface area contributed by atoms with E-state index in [0.29, 0.717) is 0 Å². The lowest BCUT2D eigenvalue weighted by Crippen LogP contribution is -2.22. The molecule has 0 spiro atoms. The molecule has 1 aromatic rings. The van der Waals surface area contributed by atoms with Crippen LogP contribution in [0.3, 0.4) is 0 Å². The van der Waals surface area contributed by atoms with Crippen molar-refractivity contribution < 1.29 is 0 Å². The van der Waals surface area contributed by atoms with E-state index in [1.807, 2.05) is 13.1 Å². The third kappa shape index (κ3) is 4.67. The molecule has 3 nitrogen and oxygen atoms in total. The van der Waals surface area contributed by atoms with Gasteiger partial charge in [-0.15, -0.1) is 6.58 Å². The molecule has 1 rings (SSSR count). The van der Waals surface area contributed by atoms with Gasteiger partial charge in [0, 0.05) is 31.2 Å². The van der Waals surface area contributed by atoms with E-state index in [0.717, 1.165) is 31.1 Å². The van der Waals surface area contributed by atoms with Gasteiger partial charge in [-0.3, -0.25) is 0 Å². The Labute approximate surface area is 117 Å². The maximum absolute atomic E-state index is 4.78. The van der Waals surface area contributed by atoms with Crippen molar-refractivity contribution in [3.05, 3.63) is 36.0 Å². The van der Waals surface area contributed by atoms with Crippen molar-refractivity contribution >= 4 is 5.82 Å². The maximum Gasteiger partial charge on any atom is 0.129 e. The lowest BCUT2D eigenvalue weighted by atomic mass is 9.90. The monoisotopic (exact) mass is 261 g/mol. The van der Waals surface area contributed by atoms with Crippen molar-refractivity contribution in [1.29, 1.82) is 0 Å². The van der Waals surface area contributed by atoms with E-state index in [1.54, 1.807) is 0 Å². The highest BCUT2D eigenvalue weighted by Crippen LogP contribution is 2.24. The molecule has 3 heteroatoms. The Morgan fingerprint density at radius 1 is 1.37 bits per heavy atom. The van der Waals surface area contributed by atoms with Crippen LogP contribution in [-0.2, 0) is 12.0 Å². The Morgan fingerprint density at radius 2 is 2.05 bits per heavy atom. The van der Waals surface area contributed by atoms with Gasteiger partial charge in [0.25, 0.3) is 0 Å². The van der Waals surface area contributed by atoms with Crippen LogP contribution in [0.1, 0.15) is 39.0 Å². The van der Waals surface area contributed by atoms with Crippen LogP contribution in [0.4, 0.5) is 5.82 Å². The predicted octanol–water partition coefficient (Wildman–Crippen LogP) is 3.11. The Bertz CT molecular complexity index is 418. The fourth-order valence-electron chi connectivity index (χ4n) is 1.81. The molecule has 0 amide bonds. The highest BCUT2D eigenvalue weighted by atomic mass is 15.2. The number of hydrogen-bond donors (Lipinski definition) is 1. The third-order valence-corrected chi connectivity index (χ3v) is 3.01. The van der Waals surface area contributed by atoms with E-state index >= 15 is 0 Å². The van der Waals surface area contributed by atoms with Gasteiger partial charge in [0.1, 0.15) is 5.82 Å². The molecular weight excluding hydrogens is 234 g/mol. The summed E-state index contributed by atoms with van der Waals surface area (Å²) in [7, 11) is 2.05. The lowest BCUT2D eigenvalue weighted by Gasteiger charge is -2.23. The van der Waals surface area contributed by atoms with E-state index in [9.17, 15) is 0 Å². The molecule has 19 heavy (non-hydrogen) atoms.